The summed E-state index contributed by atoms with van der Waals surface area (Å²) in [6.45, 7) is 0.566. The molecule has 0 fully saturated rings. The van der Waals surface area contributed by atoms with E-state index < -0.39 is 0 Å². The Balaban J connectivity index is 1.44. The number of hydrogen-bond donors (Lipinski definition) is 0. The summed E-state index contributed by atoms with van der Waals surface area (Å²) in [4.78, 5) is 0. The third kappa shape index (κ3) is 3.66. The smallest absolute Gasteiger partial charge is 0.196 e. The fourth-order valence-corrected chi connectivity index (χ4v) is 5.36. The number of thioether (sulfide) groups is 1. The van der Waals surface area contributed by atoms with Gasteiger partial charge in [0.25, 0.3) is 0 Å². The van der Waals surface area contributed by atoms with Crippen LogP contribution in [0, 0.1) is 5.82 Å². The average Bonchev–Trinajstić information content (AvgIpc) is 3.43. The molecule has 0 aliphatic rings. The van der Waals surface area contributed by atoms with Crippen LogP contribution in [-0.2, 0) is 12.3 Å². The number of rotatable bonds is 6. The van der Waals surface area contributed by atoms with Gasteiger partial charge in [-0.2, -0.15) is 0 Å². The molecule has 0 spiro atoms. The Kier molecular flexibility index (Phi) is 5.35. The molecule has 0 radical (unpaired) electrons. The molecule has 0 atom stereocenters. The van der Waals surface area contributed by atoms with Gasteiger partial charge in [-0.1, -0.05) is 84.6 Å². The van der Waals surface area contributed by atoms with Crippen molar-refractivity contribution in [3.8, 4) is 5.69 Å². The van der Waals surface area contributed by atoms with E-state index in [1.54, 1.807) is 6.07 Å². The maximum absolute atomic E-state index is 14.2. The zero-order valence-electron chi connectivity index (χ0n) is 18.3. The maximum Gasteiger partial charge on any atom is 0.196 e. The SMILES string of the molecule is Fc1ccccc1CSc1nnc(Cn2c3ccccc3c3ccccc32)n1-c1ccccc1. The molecule has 0 unspecified atom stereocenters. The molecule has 6 aromatic rings. The van der Waals surface area contributed by atoms with Crippen LogP contribution in [0.15, 0.2) is 108 Å². The van der Waals surface area contributed by atoms with Crippen molar-refractivity contribution in [3.63, 3.8) is 0 Å². The van der Waals surface area contributed by atoms with Crippen LogP contribution >= 0.6 is 11.8 Å². The van der Waals surface area contributed by atoms with Crippen molar-refractivity contribution in [2.45, 2.75) is 17.5 Å². The van der Waals surface area contributed by atoms with Gasteiger partial charge in [-0.05, 0) is 35.9 Å². The van der Waals surface area contributed by atoms with Crippen molar-refractivity contribution in [2.75, 3.05) is 0 Å². The Morgan fingerprint density at radius 3 is 2.00 bits per heavy atom. The van der Waals surface area contributed by atoms with Gasteiger partial charge in [0.2, 0.25) is 0 Å². The third-order valence-electron chi connectivity index (χ3n) is 6.01. The summed E-state index contributed by atoms with van der Waals surface area (Å²) in [7, 11) is 0. The number of aromatic nitrogens is 4. The number of hydrogen-bond acceptors (Lipinski definition) is 3. The fourth-order valence-electron chi connectivity index (χ4n) is 4.41. The standard InChI is InChI=1S/C28H21FN4S/c29-24-15-7-4-10-20(24)19-34-28-31-30-27(33(28)21-11-2-1-3-12-21)18-32-25-16-8-5-13-22(25)23-14-6-9-17-26(23)32/h1-17H,18-19H2. The van der Waals surface area contributed by atoms with Crippen LogP contribution in [0.2, 0.25) is 0 Å². The molecule has 2 aromatic heterocycles. The average molecular weight is 465 g/mol. The van der Waals surface area contributed by atoms with E-state index in [1.165, 1.54) is 28.6 Å². The number of nitrogens with zero attached hydrogens (tertiary/aromatic N) is 4. The van der Waals surface area contributed by atoms with Gasteiger partial charge in [0, 0.05) is 33.2 Å². The van der Waals surface area contributed by atoms with Crippen molar-refractivity contribution < 1.29 is 4.39 Å². The molecule has 166 valence electrons. The van der Waals surface area contributed by atoms with Crippen LogP contribution in [0.3, 0.4) is 0 Å². The molecule has 2 heterocycles. The van der Waals surface area contributed by atoms with Gasteiger partial charge in [0.05, 0.1) is 6.54 Å². The second kappa shape index (κ2) is 8.80. The van der Waals surface area contributed by atoms with Crippen LogP contribution in [0.1, 0.15) is 11.4 Å². The highest BCUT2D eigenvalue weighted by Gasteiger charge is 2.18. The first-order chi connectivity index (χ1) is 16.8. The van der Waals surface area contributed by atoms with E-state index in [0.717, 1.165) is 27.7 Å². The highest BCUT2D eigenvalue weighted by atomic mass is 32.2. The molecule has 0 saturated carbocycles. The first-order valence-electron chi connectivity index (χ1n) is 11.1. The summed E-state index contributed by atoms with van der Waals surface area (Å²) in [5.41, 5.74) is 3.96. The third-order valence-corrected chi connectivity index (χ3v) is 6.99. The quantitative estimate of drug-likeness (QED) is 0.253. The number of para-hydroxylation sites is 3. The van der Waals surface area contributed by atoms with Crippen LogP contribution in [-0.4, -0.2) is 19.3 Å². The molecule has 0 N–H and O–H groups in total. The summed E-state index contributed by atoms with van der Waals surface area (Å²) < 4.78 is 18.6. The Morgan fingerprint density at radius 2 is 1.29 bits per heavy atom. The van der Waals surface area contributed by atoms with Gasteiger partial charge in [-0.25, -0.2) is 4.39 Å². The van der Waals surface area contributed by atoms with Crippen LogP contribution in [0.25, 0.3) is 27.5 Å². The topological polar surface area (TPSA) is 35.6 Å². The van der Waals surface area contributed by atoms with Gasteiger partial charge < -0.3 is 4.57 Å². The molecule has 0 bridgehead atoms. The highest BCUT2D eigenvalue weighted by molar-refractivity contribution is 7.98. The van der Waals surface area contributed by atoms with E-state index in [-0.39, 0.29) is 5.82 Å². The molecule has 34 heavy (non-hydrogen) atoms. The van der Waals surface area contributed by atoms with Crippen molar-refractivity contribution in [2.24, 2.45) is 0 Å². The van der Waals surface area contributed by atoms with Crippen LogP contribution in [0.4, 0.5) is 4.39 Å². The second-order valence-corrected chi connectivity index (χ2v) is 9.01. The fraction of sp³-hybridized carbons (Fsp3) is 0.0714. The summed E-state index contributed by atoms with van der Waals surface area (Å²) in [5, 5.41) is 12.3. The molecular formula is C28H21FN4S. The minimum atomic E-state index is -0.203. The largest absolute Gasteiger partial charge is 0.333 e. The number of fused-ring (bicyclic) bond motifs is 3. The Bertz CT molecular complexity index is 1550. The van der Waals surface area contributed by atoms with Crippen LogP contribution in [0.5, 0.6) is 0 Å². The second-order valence-electron chi connectivity index (χ2n) is 8.07. The van der Waals surface area contributed by atoms with Crippen molar-refractivity contribution >= 4 is 33.6 Å². The molecule has 0 amide bonds. The van der Waals surface area contributed by atoms with E-state index in [4.69, 9.17) is 0 Å². The maximum atomic E-state index is 14.2. The van der Waals surface area contributed by atoms with Gasteiger partial charge >= 0.3 is 0 Å². The molecule has 0 saturated heterocycles. The summed E-state index contributed by atoms with van der Waals surface area (Å²) in [5.74, 6) is 1.10. The first-order valence-corrected chi connectivity index (χ1v) is 12.1. The van der Waals surface area contributed by atoms with E-state index in [2.05, 4.69) is 67.9 Å². The van der Waals surface area contributed by atoms with Crippen molar-refractivity contribution in [3.05, 3.63) is 120 Å². The zero-order chi connectivity index (χ0) is 22.9. The Morgan fingerprint density at radius 1 is 0.676 bits per heavy atom. The lowest BCUT2D eigenvalue weighted by atomic mass is 10.2. The predicted octanol–water partition coefficient (Wildman–Crippen LogP) is 6.85. The zero-order valence-corrected chi connectivity index (χ0v) is 19.1. The van der Waals surface area contributed by atoms with E-state index in [9.17, 15) is 4.39 Å². The molecule has 0 aliphatic heterocycles. The predicted molar refractivity (Wildman–Crippen MR) is 136 cm³/mol. The molecule has 6 heteroatoms. The summed E-state index contributed by atoms with van der Waals surface area (Å²) in [6.07, 6.45) is 0. The first kappa shape index (κ1) is 20.7. The van der Waals surface area contributed by atoms with Gasteiger partial charge in [-0.3, -0.25) is 4.57 Å². The molecule has 4 aromatic carbocycles. The minimum Gasteiger partial charge on any atom is -0.333 e. The van der Waals surface area contributed by atoms with Crippen molar-refractivity contribution in [1.82, 2.24) is 19.3 Å². The molecule has 0 aliphatic carbocycles. The molecular weight excluding hydrogens is 443 g/mol. The Hall–Kier alpha value is -3.90. The normalized spacial score (nSPS) is 11.4. The minimum absolute atomic E-state index is 0.203. The van der Waals surface area contributed by atoms with Gasteiger partial charge in [-0.15, -0.1) is 10.2 Å². The van der Waals surface area contributed by atoms with Crippen molar-refractivity contribution in [1.29, 1.82) is 0 Å². The van der Waals surface area contributed by atoms with E-state index in [1.807, 2.05) is 42.5 Å². The van der Waals surface area contributed by atoms with E-state index in [0.29, 0.717) is 17.9 Å². The summed E-state index contributed by atoms with van der Waals surface area (Å²) in [6, 6.07) is 33.8. The lowest BCUT2D eigenvalue weighted by molar-refractivity contribution is 0.617. The molecule has 6 rings (SSSR count). The van der Waals surface area contributed by atoms with E-state index >= 15 is 0 Å². The number of benzene rings is 4. The number of halogens is 1. The van der Waals surface area contributed by atoms with Gasteiger partial charge in [0.15, 0.2) is 11.0 Å². The monoisotopic (exact) mass is 464 g/mol. The summed E-state index contributed by atoms with van der Waals surface area (Å²) >= 11 is 1.49. The lowest BCUT2D eigenvalue weighted by Crippen LogP contribution is -2.08. The van der Waals surface area contributed by atoms with Gasteiger partial charge in [0.1, 0.15) is 5.82 Å². The Labute approximate surface area is 200 Å². The lowest BCUT2D eigenvalue weighted by Gasteiger charge is -2.12. The highest BCUT2D eigenvalue weighted by Crippen LogP contribution is 2.31. The van der Waals surface area contributed by atoms with Crippen LogP contribution < -0.4 is 0 Å². The molecule has 4 nitrogen and oxygen atoms in total.